The summed E-state index contributed by atoms with van der Waals surface area (Å²) in [5.41, 5.74) is 7.25. The first-order valence-electron chi connectivity index (χ1n) is 9.09. The second-order valence-corrected chi connectivity index (χ2v) is 8.30. The van der Waals surface area contributed by atoms with Crippen molar-refractivity contribution in [3.05, 3.63) is 58.9 Å². The van der Waals surface area contributed by atoms with Gasteiger partial charge >= 0.3 is 0 Å². The molecule has 6 atom stereocenters. The van der Waals surface area contributed by atoms with Crippen molar-refractivity contribution in [1.82, 2.24) is 4.98 Å². The molecule has 152 valence electrons. The summed E-state index contributed by atoms with van der Waals surface area (Å²) in [7, 11) is 1.58. The molecule has 1 aromatic heterocycles. The molecule has 2 aliphatic rings. The normalized spacial score (nSPS) is 31.7. The van der Waals surface area contributed by atoms with Crippen LogP contribution in [0.3, 0.4) is 0 Å². The summed E-state index contributed by atoms with van der Waals surface area (Å²) in [5.74, 6) is 0. The minimum atomic E-state index is -0.504. The number of hydrogen-bond acceptors (Lipinski definition) is 8. The first-order chi connectivity index (χ1) is 14.1. The van der Waals surface area contributed by atoms with Crippen LogP contribution in [0.1, 0.15) is 17.5 Å². The monoisotopic (exact) mass is 433 g/mol. The number of nitrogens with two attached hydrogens (primary N) is 1. The molecule has 0 aliphatic carbocycles. The predicted molar refractivity (Wildman–Crippen MR) is 107 cm³/mol. The number of nitriles is 1. The van der Waals surface area contributed by atoms with Gasteiger partial charge in [-0.3, -0.25) is 0 Å². The molecule has 2 saturated heterocycles. The van der Waals surface area contributed by atoms with Crippen LogP contribution in [0.2, 0.25) is 5.02 Å². The lowest BCUT2D eigenvalue weighted by Gasteiger charge is -2.48. The smallest absolute Gasteiger partial charge is 0.184 e. The number of ether oxygens (including phenoxy) is 4. The fourth-order valence-electron chi connectivity index (χ4n) is 3.49. The van der Waals surface area contributed by atoms with Gasteiger partial charge in [-0.2, -0.15) is 5.26 Å². The number of hydrogen-bond donors (Lipinski definition) is 1. The summed E-state index contributed by atoms with van der Waals surface area (Å²) in [4.78, 5) is 4.68. The lowest BCUT2D eigenvalue weighted by atomic mass is 9.97. The third-order valence-corrected chi connectivity index (χ3v) is 6.29. The molecule has 7 nitrogen and oxygen atoms in total. The van der Waals surface area contributed by atoms with Crippen LogP contribution in [0.15, 0.2) is 47.5 Å². The third kappa shape index (κ3) is 4.27. The Hall–Kier alpha value is -1.70. The molecule has 2 fully saturated rings. The van der Waals surface area contributed by atoms with Crippen molar-refractivity contribution in [3.63, 3.8) is 0 Å². The van der Waals surface area contributed by atoms with E-state index in [9.17, 15) is 5.26 Å². The van der Waals surface area contributed by atoms with Crippen LogP contribution in [0.5, 0.6) is 0 Å². The number of thioether (sulfide) groups is 1. The summed E-state index contributed by atoms with van der Waals surface area (Å²) < 4.78 is 23.9. The number of aromatic nitrogens is 1. The molecular formula is C20H20ClN3O4S. The summed E-state index contributed by atoms with van der Waals surface area (Å²) in [6.07, 6.45) is -0.263. The van der Waals surface area contributed by atoms with Gasteiger partial charge in [0.25, 0.3) is 0 Å². The zero-order chi connectivity index (χ0) is 20.4. The largest absolute Gasteiger partial charge is 0.376 e. The van der Waals surface area contributed by atoms with E-state index in [2.05, 4.69) is 11.1 Å². The Bertz CT molecular complexity index is 897. The van der Waals surface area contributed by atoms with Crippen LogP contribution < -0.4 is 5.73 Å². The Morgan fingerprint density at radius 2 is 2.10 bits per heavy atom. The van der Waals surface area contributed by atoms with Gasteiger partial charge in [0.15, 0.2) is 12.0 Å². The lowest BCUT2D eigenvalue weighted by Crippen LogP contribution is -2.64. The van der Waals surface area contributed by atoms with Gasteiger partial charge in [0.1, 0.15) is 29.8 Å². The van der Waals surface area contributed by atoms with Gasteiger partial charge in [-0.25, -0.2) is 4.98 Å². The maximum Gasteiger partial charge on any atom is 0.184 e. The van der Waals surface area contributed by atoms with Crippen LogP contribution in [0.25, 0.3) is 0 Å². The van der Waals surface area contributed by atoms with E-state index >= 15 is 0 Å². The lowest BCUT2D eigenvalue weighted by molar-refractivity contribution is -0.298. The van der Waals surface area contributed by atoms with Gasteiger partial charge in [0.2, 0.25) is 0 Å². The molecule has 0 radical (unpaired) electrons. The first kappa shape index (κ1) is 20.6. The van der Waals surface area contributed by atoms with Crippen LogP contribution in [-0.2, 0) is 18.9 Å². The van der Waals surface area contributed by atoms with Crippen molar-refractivity contribution in [1.29, 1.82) is 5.26 Å². The number of nitrogens with zero attached hydrogens (tertiary/aromatic N) is 2. The van der Waals surface area contributed by atoms with Crippen LogP contribution in [0.4, 0.5) is 0 Å². The predicted octanol–water partition coefficient (Wildman–Crippen LogP) is 2.88. The van der Waals surface area contributed by atoms with Gasteiger partial charge in [-0.05, 0) is 6.07 Å². The Kier molecular flexibility index (Phi) is 6.37. The molecule has 0 spiro atoms. The second-order valence-electron chi connectivity index (χ2n) is 6.73. The maximum absolute atomic E-state index is 9.33. The molecule has 4 rings (SSSR count). The van der Waals surface area contributed by atoms with Crippen molar-refractivity contribution < 1.29 is 18.9 Å². The molecule has 2 aliphatic heterocycles. The minimum absolute atomic E-state index is 0.272. The van der Waals surface area contributed by atoms with Crippen molar-refractivity contribution in [3.8, 4) is 6.07 Å². The van der Waals surface area contributed by atoms with Crippen molar-refractivity contribution in [2.45, 2.75) is 41.0 Å². The number of pyridine rings is 1. The number of methoxy groups -OCH3 is 1. The van der Waals surface area contributed by atoms with Gasteiger partial charge in [-0.1, -0.05) is 53.7 Å². The van der Waals surface area contributed by atoms with Gasteiger partial charge < -0.3 is 24.7 Å². The van der Waals surface area contributed by atoms with Gasteiger partial charge in [0, 0.05) is 23.8 Å². The van der Waals surface area contributed by atoms with Crippen LogP contribution in [0, 0.1) is 11.3 Å². The molecule has 9 heteroatoms. The van der Waals surface area contributed by atoms with Gasteiger partial charge in [-0.15, -0.1) is 0 Å². The molecule has 0 bridgehead atoms. The molecule has 6 unspecified atom stereocenters. The van der Waals surface area contributed by atoms with Crippen LogP contribution >= 0.6 is 23.4 Å². The number of halogens is 1. The Morgan fingerprint density at radius 1 is 1.31 bits per heavy atom. The standard InChI is InChI=1S/C20H20ClN3O4S/c1-25-18-16(23)17-14(10-26-19(28-17)11-5-3-2-4-6-11)27-20(18)29-15-7-12(21)9-24-13(15)8-22/h2-7,9,14,16-20H,10,23H2,1H3. The van der Waals surface area contributed by atoms with E-state index in [0.717, 1.165) is 5.56 Å². The first-order valence-corrected chi connectivity index (χ1v) is 10.3. The molecule has 3 heterocycles. The Balaban J connectivity index is 1.53. The topological polar surface area (TPSA) is 99.6 Å². The minimum Gasteiger partial charge on any atom is -0.376 e. The Morgan fingerprint density at radius 3 is 2.83 bits per heavy atom. The van der Waals surface area contributed by atoms with Crippen LogP contribution in [-0.4, -0.2) is 48.5 Å². The highest BCUT2D eigenvalue weighted by Gasteiger charge is 2.49. The van der Waals surface area contributed by atoms with E-state index in [1.54, 1.807) is 13.2 Å². The molecule has 0 amide bonds. The fourth-order valence-corrected chi connectivity index (χ4v) is 4.99. The molecule has 29 heavy (non-hydrogen) atoms. The van der Waals surface area contributed by atoms with Gasteiger partial charge in [0.05, 0.1) is 17.7 Å². The fraction of sp³-hybridized carbons (Fsp3) is 0.400. The van der Waals surface area contributed by atoms with E-state index < -0.39 is 23.9 Å². The van der Waals surface area contributed by atoms with E-state index in [0.29, 0.717) is 16.5 Å². The summed E-state index contributed by atoms with van der Waals surface area (Å²) in [6, 6.07) is 13.0. The van der Waals surface area contributed by atoms with E-state index in [1.165, 1.54) is 18.0 Å². The number of fused-ring (bicyclic) bond motifs is 1. The average molecular weight is 434 g/mol. The van der Waals surface area contributed by atoms with E-state index in [1.807, 2.05) is 30.3 Å². The average Bonchev–Trinajstić information content (AvgIpc) is 2.75. The zero-order valence-corrected chi connectivity index (χ0v) is 17.2. The van der Waals surface area contributed by atoms with E-state index in [4.69, 9.17) is 36.3 Å². The highest BCUT2D eigenvalue weighted by molar-refractivity contribution is 7.99. The SMILES string of the molecule is COC1C(Sc2cc(Cl)cnc2C#N)OC2COC(c3ccccc3)OC2C1N. The number of rotatable bonds is 4. The third-order valence-electron chi connectivity index (χ3n) is 4.91. The second kappa shape index (κ2) is 8.98. The Labute approximate surface area is 178 Å². The van der Waals surface area contributed by atoms with Crippen molar-refractivity contribution in [2.75, 3.05) is 13.7 Å². The number of benzene rings is 1. The molecular weight excluding hydrogens is 414 g/mol. The molecule has 0 saturated carbocycles. The molecule has 1 aromatic carbocycles. The highest BCUT2D eigenvalue weighted by Crippen LogP contribution is 2.40. The summed E-state index contributed by atoms with van der Waals surface area (Å²) >= 11 is 7.36. The zero-order valence-electron chi connectivity index (χ0n) is 15.6. The highest BCUT2D eigenvalue weighted by atomic mass is 35.5. The van der Waals surface area contributed by atoms with Crippen molar-refractivity contribution >= 4 is 23.4 Å². The summed E-state index contributed by atoms with van der Waals surface area (Å²) in [6.45, 7) is 0.338. The maximum atomic E-state index is 9.33. The quantitative estimate of drug-likeness (QED) is 0.785. The van der Waals surface area contributed by atoms with E-state index in [-0.39, 0.29) is 17.9 Å². The molecule has 2 N–H and O–H groups in total. The van der Waals surface area contributed by atoms with Crippen molar-refractivity contribution in [2.24, 2.45) is 5.73 Å². The molecule has 2 aromatic rings. The summed E-state index contributed by atoms with van der Waals surface area (Å²) in [5, 5.41) is 9.77.